The smallest absolute Gasteiger partial charge is 0.147 e. The number of imidazole rings is 1. The van der Waals surface area contributed by atoms with Crippen LogP contribution < -0.4 is 5.73 Å². The fraction of sp³-hybridized carbons (Fsp3) is 0.308. The van der Waals surface area contributed by atoms with E-state index in [1.165, 1.54) is 6.26 Å². The van der Waals surface area contributed by atoms with Crippen molar-refractivity contribution in [2.24, 2.45) is 5.73 Å². The van der Waals surface area contributed by atoms with Gasteiger partial charge in [-0.1, -0.05) is 34.1 Å². The third kappa shape index (κ3) is 3.91. The van der Waals surface area contributed by atoms with Crippen molar-refractivity contribution in [3.8, 4) is 11.3 Å². The average molecular weight is 358 g/mol. The summed E-state index contributed by atoms with van der Waals surface area (Å²) in [5, 5.41) is 0. The molecule has 2 rings (SSSR count). The third-order valence-electron chi connectivity index (χ3n) is 2.91. The third-order valence-corrected chi connectivity index (χ3v) is 4.58. The highest BCUT2D eigenvalue weighted by molar-refractivity contribution is 9.10. The van der Waals surface area contributed by atoms with E-state index in [1.807, 2.05) is 24.3 Å². The van der Waals surface area contributed by atoms with Crippen LogP contribution in [0.15, 0.2) is 34.9 Å². The lowest BCUT2D eigenvalue weighted by molar-refractivity contribution is 0.588. The molecule has 5 nitrogen and oxygen atoms in total. The van der Waals surface area contributed by atoms with E-state index in [4.69, 9.17) is 5.73 Å². The zero-order valence-corrected chi connectivity index (χ0v) is 13.4. The molecule has 108 valence electrons. The standard InChI is InChI=1S/C13H16BrN3O2S/c1-20(18,19)7-6-11(15)13-16-8-12(17-13)9-4-2-3-5-10(9)14/h2-5,8,11H,6-7,15H2,1H3,(H,16,17). The topological polar surface area (TPSA) is 88.8 Å². The van der Waals surface area contributed by atoms with Gasteiger partial charge in [-0.05, 0) is 12.5 Å². The van der Waals surface area contributed by atoms with Gasteiger partial charge in [-0.2, -0.15) is 0 Å². The number of rotatable bonds is 5. The van der Waals surface area contributed by atoms with Crippen molar-refractivity contribution >= 4 is 25.8 Å². The average Bonchev–Trinajstić information content (AvgIpc) is 2.85. The zero-order chi connectivity index (χ0) is 14.8. The molecule has 0 bridgehead atoms. The number of hydrogen-bond donors (Lipinski definition) is 2. The number of H-pyrrole nitrogens is 1. The molecule has 0 aliphatic heterocycles. The highest BCUT2D eigenvalue weighted by atomic mass is 79.9. The lowest BCUT2D eigenvalue weighted by atomic mass is 10.2. The Hall–Kier alpha value is -1.18. The van der Waals surface area contributed by atoms with Gasteiger partial charge in [0.25, 0.3) is 0 Å². The van der Waals surface area contributed by atoms with Crippen molar-refractivity contribution in [3.63, 3.8) is 0 Å². The summed E-state index contributed by atoms with van der Waals surface area (Å²) in [6, 6.07) is 7.36. The van der Waals surface area contributed by atoms with Gasteiger partial charge in [0.05, 0.1) is 23.7 Å². The van der Waals surface area contributed by atoms with Crippen molar-refractivity contribution in [1.29, 1.82) is 0 Å². The van der Waals surface area contributed by atoms with Gasteiger partial charge in [0.1, 0.15) is 15.7 Å². The summed E-state index contributed by atoms with van der Waals surface area (Å²) in [5.41, 5.74) is 7.80. The summed E-state index contributed by atoms with van der Waals surface area (Å²) in [6.07, 6.45) is 3.26. The normalized spacial score (nSPS) is 13.3. The number of nitrogens with two attached hydrogens (primary N) is 1. The Morgan fingerprint density at radius 3 is 2.75 bits per heavy atom. The van der Waals surface area contributed by atoms with E-state index < -0.39 is 15.9 Å². The van der Waals surface area contributed by atoms with Gasteiger partial charge in [0.15, 0.2) is 0 Å². The van der Waals surface area contributed by atoms with Crippen LogP contribution in [0.5, 0.6) is 0 Å². The molecule has 0 spiro atoms. The molecule has 2 aromatic rings. The van der Waals surface area contributed by atoms with Crippen molar-refractivity contribution < 1.29 is 8.42 Å². The largest absolute Gasteiger partial charge is 0.341 e. The van der Waals surface area contributed by atoms with E-state index in [-0.39, 0.29) is 5.75 Å². The predicted octanol–water partition coefficient (Wildman–Crippen LogP) is 2.27. The second kappa shape index (κ2) is 6.07. The maximum Gasteiger partial charge on any atom is 0.147 e. The molecule has 7 heteroatoms. The van der Waals surface area contributed by atoms with Crippen LogP contribution in [-0.4, -0.2) is 30.4 Å². The minimum atomic E-state index is -3.01. The zero-order valence-electron chi connectivity index (χ0n) is 11.0. The number of aromatic nitrogens is 2. The lowest BCUT2D eigenvalue weighted by Crippen LogP contribution is -2.16. The lowest BCUT2D eigenvalue weighted by Gasteiger charge is -2.07. The van der Waals surface area contributed by atoms with E-state index in [9.17, 15) is 8.42 Å². The Morgan fingerprint density at radius 2 is 2.10 bits per heavy atom. The van der Waals surface area contributed by atoms with E-state index in [0.29, 0.717) is 12.2 Å². The maximum absolute atomic E-state index is 11.1. The number of nitrogens with one attached hydrogen (secondary N) is 1. The maximum atomic E-state index is 11.1. The molecule has 1 aromatic carbocycles. The molecule has 0 fully saturated rings. The van der Waals surface area contributed by atoms with E-state index in [2.05, 4.69) is 25.9 Å². The summed E-state index contributed by atoms with van der Waals surface area (Å²) >= 11 is 3.48. The van der Waals surface area contributed by atoms with Gasteiger partial charge < -0.3 is 10.7 Å². The molecule has 0 saturated carbocycles. The first kappa shape index (κ1) is 15.2. The number of sulfone groups is 1. The van der Waals surface area contributed by atoms with Gasteiger partial charge >= 0.3 is 0 Å². The van der Waals surface area contributed by atoms with Crippen LogP contribution in [0.25, 0.3) is 11.3 Å². The number of benzene rings is 1. The van der Waals surface area contributed by atoms with Crippen LogP contribution in [0, 0.1) is 0 Å². The predicted molar refractivity (Wildman–Crippen MR) is 83.0 cm³/mol. The Labute approximate surface area is 126 Å². The minimum absolute atomic E-state index is 0.0548. The SMILES string of the molecule is CS(=O)(=O)CCC(N)c1ncc(-c2ccccc2Br)[nH]1. The molecule has 0 saturated heterocycles. The molecule has 0 radical (unpaired) electrons. The molecule has 1 unspecified atom stereocenters. The molecule has 3 N–H and O–H groups in total. The van der Waals surface area contributed by atoms with Gasteiger partial charge in [0, 0.05) is 16.3 Å². The van der Waals surface area contributed by atoms with E-state index in [0.717, 1.165) is 15.7 Å². The minimum Gasteiger partial charge on any atom is -0.341 e. The summed E-state index contributed by atoms with van der Waals surface area (Å²) in [7, 11) is -3.01. The monoisotopic (exact) mass is 357 g/mol. The van der Waals surface area contributed by atoms with Crippen LogP contribution in [0.2, 0.25) is 0 Å². The highest BCUT2D eigenvalue weighted by Gasteiger charge is 2.14. The summed E-state index contributed by atoms with van der Waals surface area (Å²) in [5.74, 6) is 0.651. The van der Waals surface area contributed by atoms with Crippen LogP contribution in [0.1, 0.15) is 18.3 Å². The second-order valence-electron chi connectivity index (χ2n) is 4.69. The summed E-state index contributed by atoms with van der Waals surface area (Å²) in [6.45, 7) is 0. The first-order valence-corrected chi connectivity index (χ1v) is 8.95. The Morgan fingerprint density at radius 1 is 1.40 bits per heavy atom. The highest BCUT2D eigenvalue weighted by Crippen LogP contribution is 2.27. The Bertz CT molecular complexity index is 697. The molecule has 20 heavy (non-hydrogen) atoms. The van der Waals surface area contributed by atoms with Crippen LogP contribution in [0.4, 0.5) is 0 Å². The second-order valence-corrected chi connectivity index (χ2v) is 7.80. The molecule has 1 atom stereocenters. The summed E-state index contributed by atoms with van der Waals surface area (Å²) < 4.78 is 23.3. The fourth-order valence-electron chi connectivity index (χ4n) is 1.82. The van der Waals surface area contributed by atoms with E-state index >= 15 is 0 Å². The first-order chi connectivity index (χ1) is 9.37. The quantitative estimate of drug-likeness (QED) is 0.858. The number of nitrogens with zero attached hydrogens (tertiary/aromatic N) is 1. The van der Waals surface area contributed by atoms with Crippen LogP contribution >= 0.6 is 15.9 Å². The Balaban J connectivity index is 2.15. The Kier molecular flexibility index (Phi) is 4.62. The molecular formula is C13H16BrN3O2S. The van der Waals surface area contributed by atoms with Gasteiger partial charge in [0.2, 0.25) is 0 Å². The van der Waals surface area contributed by atoms with E-state index in [1.54, 1.807) is 6.20 Å². The van der Waals surface area contributed by atoms with Gasteiger partial charge in [-0.15, -0.1) is 0 Å². The van der Waals surface area contributed by atoms with Gasteiger partial charge in [-0.3, -0.25) is 0 Å². The fourth-order valence-corrected chi connectivity index (χ4v) is 3.00. The molecule has 1 heterocycles. The molecule has 0 amide bonds. The first-order valence-electron chi connectivity index (χ1n) is 6.10. The molecular weight excluding hydrogens is 342 g/mol. The number of aromatic amines is 1. The number of hydrogen-bond acceptors (Lipinski definition) is 4. The van der Waals surface area contributed by atoms with Crippen LogP contribution in [0.3, 0.4) is 0 Å². The van der Waals surface area contributed by atoms with Crippen molar-refractivity contribution in [2.75, 3.05) is 12.0 Å². The van der Waals surface area contributed by atoms with Crippen LogP contribution in [-0.2, 0) is 9.84 Å². The number of halogens is 1. The molecule has 0 aliphatic rings. The molecule has 1 aromatic heterocycles. The van der Waals surface area contributed by atoms with Crippen molar-refractivity contribution in [1.82, 2.24) is 9.97 Å². The van der Waals surface area contributed by atoms with Crippen molar-refractivity contribution in [3.05, 3.63) is 40.8 Å². The van der Waals surface area contributed by atoms with Crippen molar-refractivity contribution in [2.45, 2.75) is 12.5 Å². The summed E-state index contributed by atoms with van der Waals surface area (Å²) in [4.78, 5) is 7.38. The molecule has 0 aliphatic carbocycles. The van der Waals surface area contributed by atoms with Gasteiger partial charge in [-0.25, -0.2) is 13.4 Å².